The van der Waals surface area contributed by atoms with Crippen LogP contribution in [-0.2, 0) is 25.9 Å². The fraction of sp³-hybridized carbons (Fsp3) is 0.516. The first-order valence-corrected chi connectivity index (χ1v) is 14.8. The molecule has 9 nitrogen and oxygen atoms in total. The van der Waals surface area contributed by atoms with E-state index >= 15 is 0 Å². The lowest BCUT2D eigenvalue weighted by Gasteiger charge is -2.31. The van der Waals surface area contributed by atoms with Crippen molar-refractivity contribution in [2.45, 2.75) is 83.0 Å². The molecule has 0 saturated heterocycles. The van der Waals surface area contributed by atoms with E-state index in [1.165, 1.54) is 66.4 Å². The number of hydrogen-bond acceptors (Lipinski definition) is 7. The Balaban J connectivity index is 1.12. The van der Waals surface area contributed by atoms with Crippen molar-refractivity contribution in [3.05, 3.63) is 62.9 Å². The van der Waals surface area contributed by atoms with Crippen molar-refractivity contribution in [3.8, 4) is 5.75 Å². The number of aromatic nitrogens is 4. The Morgan fingerprint density at radius 2 is 1.95 bits per heavy atom. The largest absolute Gasteiger partial charge is 0.506 e. The lowest BCUT2D eigenvalue weighted by atomic mass is 9.94. The van der Waals surface area contributed by atoms with Crippen LogP contribution in [-0.4, -0.2) is 61.3 Å². The topological polar surface area (TPSA) is 119 Å². The summed E-state index contributed by atoms with van der Waals surface area (Å²) in [5, 5.41) is 34.3. The smallest absolute Gasteiger partial charge is 0.248 e. The molecule has 0 radical (unpaired) electrons. The lowest BCUT2D eigenvalue weighted by molar-refractivity contribution is 0.176. The first-order chi connectivity index (χ1) is 19.5. The van der Waals surface area contributed by atoms with Crippen molar-refractivity contribution >= 4 is 21.9 Å². The van der Waals surface area contributed by atoms with Gasteiger partial charge < -0.3 is 25.4 Å². The highest BCUT2D eigenvalue weighted by molar-refractivity contribution is 5.87. The van der Waals surface area contributed by atoms with Gasteiger partial charge in [-0.3, -0.25) is 4.79 Å². The molecule has 40 heavy (non-hydrogen) atoms. The number of fused-ring (bicyclic) bond motifs is 4. The fourth-order valence-electron chi connectivity index (χ4n) is 6.84. The number of nitrogens with one attached hydrogen (secondary N) is 2. The van der Waals surface area contributed by atoms with Gasteiger partial charge in [-0.05, 0) is 92.6 Å². The minimum atomic E-state index is -0.793. The molecule has 1 atom stereocenters. The van der Waals surface area contributed by atoms with Crippen LogP contribution in [0.3, 0.4) is 0 Å². The summed E-state index contributed by atoms with van der Waals surface area (Å²) in [7, 11) is 2.27. The monoisotopic (exact) mass is 544 g/mol. The molecule has 9 heteroatoms. The van der Waals surface area contributed by atoms with Gasteiger partial charge in [0.25, 0.3) is 0 Å². The molecule has 2 heterocycles. The number of aliphatic hydroxyl groups excluding tert-OH is 1. The molecule has 0 bridgehead atoms. The van der Waals surface area contributed by atoms with Gasteiger partial charge in [-0.25, -0.2) is 4.68 Å². The second-order valence-corrected chi connectivity index (χ2v) is 11.6. The number of pyridine rings is 1. The van der Waals surface area contributed by atoms with Crippen LogP contribution < -0.4 is 10.9 Å². The number of aromatic amines is 1. The average Bonchev–Trinajstić information content (AvgIpc) is 3.61. The van der Waals surface area contributed by atoms with Gasteiger partial charge in [-0.1, -0.05) is 30.5 Å². The number of benzene rings is 2. The summed E-state index contributed by atoms with van der Waals surface area (Å²) in [6.07, 6.45) is 10.3. The third-order valence-corrected chi connectivity index (χ3v) is 8.96. The zero-order valence-electron chi connectivity index (χ0n) is 23.3. The van der Waals surface area contributed by atoms with E-state index in [4.69, 9.17) is 0 Å². The van der Waals surface area contributed by atoms with E-state index in [9.17, 15) is 15.0 Å². The zero-order valence-corrected chi connectivity index (χ0v) is 23.3. The van der Waals surface area contributed by atoms with Gasteiger partial charge >= 0.3 is 0 Å². The molecule has 6 rings (SSSR count). The molecule has 1 saturated carbocycles. The van der Waals surface area contributed by atoms with Crippen LogP contribution in [0.2, 0.25) is 0 Å². The summed E-state index contributed by atoms with van der Waals surface area (Å²) < 4.78 is 2.12. The molecule has 2 aromatic heterocycles. The molecule has 0 aliphatic heterocycles. The zero-order chi connectivity index (χ0) is 27.6. The van der Waals surface area contributed by atoms with Crippen LogP contribution in [0.5, 0.6) is 5.75 Å². The number of aryl methyl sites for hydroxylation is 2. The van der Waals surface area contributed by atoms with E-state index in [2.05, 4.69) is 43.3 Å². The molecule has 2 aliphatic carbocycles. The standard InChI is InChI=1S/C31H40N6O3/c1-36(21-7-3-2-4-8-21)15-6-16-37-31-25-10-5-9-22(25)20(17-26(31)34-35-37)18-32-19-28(39)23-11-13-27(38)30-24(23)12-14-29(40)33-30/h11-14,17,21,28,32,38-39H,2-10,15-16,18-19H2,1H3,(H,33,40)/t28-/m0/s1. The minimum absolute atomic E-state index is 0.00948. The maximum absolute atomic E-state index is 11.7. The Labute approximate surface area is 234 Å². The highest BCUT2D eigenvalue weighted by Crippen LogP contribution is 2.33. The van der Waals surface area contributed by atoms with Gasteiger partial charge in [0.2, 0.25) is 5.56 Å². The summed E-state index contributed by atoms with van der Waals surface area (Å²) in [5.74, 6) is -0.00948. The summed E-state index contributed by atoms with van der Waals surface area (Å²) in [6.45, 7) is 2.94. The number of phenolic OH excluding ortho intramolecular Hbond substituents is 1. The average molecular weight is 545 g/mol. The maximum Gasteiger partial charge on any atom is 0.248 e. The molecule has 2 aliphatic rings. The number of aliphatic hydroxyl groups is 1. The predicted octanol–water partition coefficient (Wildman–Crippen LogP) is 3.94. The van der Waals surface area contributed by atoms with E-state index in [0.717, 1.165) is 50.3 Å². The van der Waals surface area contributed by atoms with Crippen LogP contribution in [0.1, 0.15) is 73.3 Å². The van der Waals surface area contributed by atoms with Crippen molar-refractivity contribution in [1.29, 1.82) is 0 Å². The third kappa shape index (κ3) is 5.38. The van der Waals surface area contributed by atoms with Gasteiger partial charge in [0.1, 0.15) is 11.3 Å². The van der Waals surface area contributed by atoms with Gasteiger partial charge in [0.15, 0.2) is 0 Å². The molecule has 4 N–H and O–H groups in total. The Kier molecular flexibility index (Phi) is 7.87. The summed E-state index contributed by atoms with van der Waals surface area (Å²) >= 11 is 0. The van der Waals surface area contributed by atoms with Crippen molar-refractivity contribution in [3.63, 3.8) is 0 Å². The Bertz CT molecular complexity index is 1550. The van der Waals surface area contributed by atoms with Gasteiger partial charge in [-0.15, -0.1) is 5.10 Å². The number of nitrogens with zero attached hydrogens (tertiary/aromatic N) is 4. The Morgan fingerprint density at radius 3 is 2.80 bits per heavy atom. The molecule has 212 valence electrons. The van der Waals surface area contributed by atoms with Gasteiger partial charge in [0, 0.05) is 37.1 Å². The Morgan fingerprint density at radius 1 is 1.12 bits per heavy atom. The van der Waals surface area contributed by atoms with Crippen LogP contribution in [0, 0.1) is 0 Å². The Hall–Kier alpha value is -3.27. The second-order valence-electron chi connectivity index (χ2n) is 11.6. The predicted molar refractivity (Wildman–Crippen MR) is 157 cm³/mol. The highest BCUT2D eigenvalue weighted by atomic mass is 16.3. The van der Waals surface area contributed by atoms with Crippen molar-refractivity contribution in [2.24, 2.45) is 0 Å². The van der Waals surface area contributed by atoms with E-state index in [1.807, 2.05) is 0 Å². The van der Waals surface area contributed by atoms with Crippen LogP contribution in [0.15, 0.2) is 35.1 Å². The SMILES string of the molecule is CN(CCCn1nnc2cc(CNC[C@H](O)c3ccc(O)c4[nH]c(=O)ccc34)c3c(c21)CCC3)C1CCCCC1. The van der Waals surface area contributed by atoms with Crippen molar-refractivity contribution in [2.75, 3.05) is 20.1 Å². The lowest BCUT2D eigenvalue weighted by Crippen LogP contribution is -2.34. The normalized spacial score (nSPS) is 16.8. The second kappa shape index (κ2) is 11.7. The van der Waals surface area contributed by atoms with E-state index in [0.29, 0.717) is 29.6 Å². The molecule has 0 spiro atoms. The molecule has 2 aromatic carbocycles. The summed E-state index contributed by atoms with van der Waals surface area (Å²) in [6, 6.07) is 9.16. The van der Waals surface area contributed by atoms with E-state index < -0.39 is 6.10 Å². The van der Waals surface area contributed by atoms with Gasteiger partial charge in [0.05, 0.1) is 17.1 Å². The molecule has 0 amide bonds. The number of phenols is 1. The molecular weight excluding hydrogens is 504 g/mol. The fourth-order valence-corrected chi connectivity index (χ4v) is 6.84. The number of rotatable bonds is 10. The van der Waals surface area contributed by atoms with Gasteiger partial charge in [-0.2, -0.15) is 0 Å². The number of aromatic hydroxyl groups is 1. The molecule has 0 unspecified atom stereocenters. The third-order valence-electron chi connectivity index (χ3n) is 8.96. The first kappa shape index (κ1) is 26.9. The van der Waals surface area contributed by atoms with Crippen molar-refractivity contribution < 1.29 is 10.2 Å². The van der Waals surface area contributed by atoms with Crippen molar-refractivity contribution in [1.82, 2.24) is 30.2 Å². The maximum atomic E-state index is 11.7. The number of hydrogen-bond donors (Lipinski definition) is 4. The summed E-state index contributed by atoms with van der Waals surface area (Å²) in [5.41, 5.74) is 6.86. The van der Waals surface area contributed by atoms with Crippen LogP contribution in [0.25, 0.3) is 21.9 Å². The van der Waals surface area contributed by atoms with Crippen LogP contribution in [0.4, 0.5) is 0 Å². The first-order valence-electron chi connectivity index (χ1n) is 14.8. The minimum Gasteiger partial charge on any atom is -0.506 e. The quantitative estimate of drug-likeness (QED) is 0.239. The molecule has 1 fully saturated rings. The van der Waals surface area contributed by atoms with E-state index in [1.54, 1.807) is 12.1 Å². The number of H-pyrrole nitrogens is 1. The molecule has 4 aromatic rings. The molecular formula is C31H40N6O3. The van der Waals surface area contributed by atoms with Crippen LogP contribution >= 0.6 is 0 Å². The van der Waals surface area contributed by atoms with E-state index in [-0.39, 0.29) is 11.3 Å². The summed E-state index contributed by atoms with van der Waals surface area (Å²) in [4.78, 5) is 16.9. The highest BCUT2D eigenvalue weighted by Gasteiger charge is 2.23.